The van der Waals surface area contributed by atoms with Crippen molar-refractivity contribution in [3.05, 3.63) is 12.7 Å². The molecule has 4 heteroatoms. The van der Waals surface area contributed by atoms with E-state index >= 15 is 0 Å². The Morgan fingerprint density at radius 2 is 2.25 bits per heavy atom. The molecule has 0 aromatic carbocycles. The summed E-state index contributed by atoms with van der Waals surface area (Å²) in [5, 5.41) is 2.45. The van der Waals surface area contributed by atoms with Gasteiger partial charge in [-0.05, 0) is 6.92 Å². The third-order valence-electron chi connectivity index (χ3n) is 1.26. The predicted molar refractivity (Wildman–Crippen MR) is 44.4 cm³/mol. The monoisotopic (exact) mass is 171 g/mol. The zero-order valence-electron chi connectivity index (χ0n) is 7.29. The number of esters is 1. The molecule has 0 saturated carbocycles. The molecule has 0 rings (SSSR count). The fourth-order valence-electron chi connectivity index (χ4n) is 0.667. The molecular weight excluding hydrogens is 158 g/mol. The van der Waals surface area contributed by atoms with E-state index in [2.05, 4.69) is 16.6 Å². The van der Waals surface area contributed by atoms with Crippen LogP contribution in [0.15, 0.2) is 12.7 Å². The summed E-state index contributed by atoms with van der Waals surface area (Å²) in [6, 6.07) is -0.595. The predicted octanol–water partition coefficient (Wildman–Crippen LogP) is 0.240. The molecule has 0 bridgehead atoms. The third kappa shape index (κ3) is 3.75. The summed E-state index contributed by atoms with van der Waals surface area (Å²) in [4.78, 5) is 21.7. The lowest BCUT2D eigenvalue weighted by Gasteiger charge is -2.09. The molecule has 12 heavy (non-hydrogen) atoms. The minimum Gasteiger partial charge on any atom is -0.467 e. The first kappa shape index (κ1) is 10.7. The summed E-state index contributed by atoms with van der Waals surface area (Å²) in [5.41, 5.74) is 0. The van der Waals surface area contributed by atoms with Gasteiger partial charge in [0.15, 0.2) is 0 Å². The van der Waals surface area contributed by atoms with Crippen molar-refractivity contribution >= 4 is 11.9 Å². The van der Waals surface area contributed by atoms with Crippen LogP contribution in [0, 0.1) is 0 Å². The van der Waals surface area contributed by atoms with Gasteiger partial charge in [0.2, 0.25) is 5.91 Å². The van der Waals surface area contributed by atoms with Crippen molar-refractivity contribution in [1.29, 1.82) is 0 Å². The molecule has 0 aromatic heterocycles. The van der Waals surface area contributed by atoms with Gasteiger partial charge in [-0.25, -0.2) is 4.79 Å². The van der Waals surface area contributed by atoms with Crippen LogP contribution in [-0.4, -0.2) is 25.0 Å². The average Bonchev–Trinajstić information content (AvgIpc) is 2.03. The van der Waals surface area contributed by atoms with E-state index in [0.29, 0.717) is 0 Å². The first-order chi connectivity index (χ1) is 5.61. The van der Waals surface area contributed by atoms with Gasteiger partial charge < -0.3 is 10.1 Å². The zero-order chi connectivity index (χ0) is 9.56. The first-order valence-corrected chi connectivity index (χ1v) is 3.60. The van der Waals surface area contributed by atoms with E-state index in [-0.39, 0.29) is 12.3 Å². The van der Waals surface area contributed by atoms with Crippen molar-refractivity contribution in [1.82, 2.24) is 5.32 Å². The zero-order valence-corrected chi connectivity index (χ0v) is 7.29. The lowest BCUT2D eigenvalue weighted by Crippen LogP contribution is -2.38. The molecule has 1 atom stereocenters. The molecule has 1 N–H and O–H groups in total. The van der Waals surface area contributed by atoms with Gasteiger partial charge in [-0.2, -0.15) is 0 Å². The van der Waals surface area contributed by atoms with Crippen molar-refractivity contribution in [2.24, 2.45) is 0 Å². The lowest BCUT2D eigenvalue weighted by molar-refractivity contribution is -0.144. The van der Waals surface area contributed by atoms with Crippen molar-refractivity contribution in [2.75, 3.05) is 7.11 Å². The van der Waals surface area contributed by atoms with Crippen LogP contribution in [-0.2, 0) is 14.3 Å². The molecule has 1 amide bonds. The summed E-state index contributed by atoms with van der Waals surface area (Å²) in [6.45, 7) is 4.96. The maximum Gasteiger partial charge on any atom is 0.328 e. The number of ether oxygens (including phenoxy) is 1. The number of carbonyl (C=O) groups is 2. The van der Waals surface area contributed by atoms with E-state index in [1.165, 1.54) is 13.2 Å². The second-order valence-corrected chi connectivity index (χ2v) is 2.31. The Morgan fingerprint density at radius 1 is 1.67 bits per heavy atom. The third-order valence-corrected chi connectivity index (χ3v) is 1.26. The first-order valence-electron chi connectivity index (χ1n) is 3.60. The smallest absolute Gasteiger partial charge is 0.328 e. The van der Waals surface area contributed by atoms with Crippen LogP contribution in [0.5, 0.6) is 0 Å². The van der Waals surface area contributed by atoms with E-state index in [4.69, 9.17) is 0 Å². The highest BCUT2D eigenvalue weighted by atomic mass is 16.5. The molecule has 0 heterocycles. The molecule has 0 aliphatic carbocycles. The Morgan fingerprint density at radius 3 is 2.67 bits per heavy atom. The number of carbonyl (C=O) groups excluding carboxylic acids is 2. The minimum atomic E-state index is -0.595. The van der Waals surface area contributed by atoms with E-state index in [1.807, 2.05) is 0 Å². The quantitative estimate of drug-likeness (QED) is 0.487. The van der Waals surface area contributed by atoms with Crippen molar-refractivity contribution in [3.63, 3.8) is 0 Å². The SMILES string of the molecule is C=CCC(=O)N[C@@H](C)C(=O)OC. The summed E-state index contributed by atoms with van der Waals surface area (Å²) in [7, 11) is 1.28. The van der Waals surface area contributed by atoms with Crippen LogP contribution < -0.4 is 5.32 Å². The van der Waals surface area contributed by atoms with Crippen LogP contribution in [0.3, 0.4) is 0 Å². The Balaban J connectivity index is 3.83. The fourth-order valence-corrected chi connectivity index (χ4v) is 0.667. The summed E-state index contributed by atoms with van der Waals surface area (Å²) < 4.78 is 4.41. The van der Waals surface area contributed by atoms with Gasteiger partial charge in [0.1, 0.15) is 6.04 Å². The molecule has 0 spiro atoms. The maximum absolute atomic E-state index is 10.9. The van der Waals surface area contributed by atoms with Gasteiger partial charge in [-0.15, -0.1) is 6.58 Å². The van der Waals surface area contributed by atoms with Gasteiger partial charge in [-0.3, -0.25) is 4.79 Å². The number of nitrogens with one attached hydrogen (secondary N) is 1. The Bertz CT molecular complexity index is 189. The maximum atomic E-state index is 10.9. The summed E-state index contributed by atoms with van der Waals surface area (Å²) >= 11 is 0. The highest BCUT2D eigenvalue weighted by Crippen LogP contribution is 1.88. The van der Waals surface area contributed by atoms with Gasteiger partial charge >= 0.3 is 5.97 Å². The average molecular weight is 171 g/mol. The van der Waals surface area contributed by atoms with E-state index in [9.17, 15) is 9.59 Å². The van der Waals surface area contributed by atoms with Crippen molar-refractivity contribution < 1.29 is 14.3 Å². The molecule has 68 valence electrons. The van der Waals surface area contributed by atoms with Crippen LogP contribution in [0.25, 0.3) is 0 Å². The number of amides is 1. The number of hydrogen-bond acceptors (Lipinski definition) is 3. The van der Waals surface area contributed by atoms with Crippen LogP contribution in [0.2, 0.25) is 0 Å². The van der Waals surface area contributed by atoms with E-state index < -0.39 is 12.0 Å². The Hall–Kier alpha value is -1.32. The molecule has 0 aromatic rings. The summed E-state index contributed by atoms with van der Waals surface area (Å²) in [6.07, 6.45) is 1.68. The Kier molecular flexibility index (Phi) is 4.76. The molecular formula is C8H13NO3. The largest absolute Gasteiger partial charge is 0.467 e. The topological polar surface area (TPSA) is 55.4 Å². The number of hydrogen-bond donors (Lipinski definition) is 1. The van der Waals surface area contributed by atoms with Crippen LogP contribution in [0.4, 0.5) is 0 Å². The second-order valence-electron chi connectivity index (χ2n) is 2.31. The van der Waals surface area contributed by atoms with E-state index in [1.54, 1.807) is 6.92 Å². The number of methoxy groups -OCH3 is 1. The van der Waals surface area contributed by atoms with E-state index in [0.717, 1.165) is 0 Å². The van der Waals surface area contributed by atoms with Crippen molar-refractivity contribution in [2.45, 2.75) is 19.4 Å². The van der Waals surface area contributed by atoms with Crippen LogP contribution in [0.1, 0.15) is 13.3 Å². The summed E-state index contributed by atoms with van der Waals surface area (Å²) in [5.74, 6) is -0.685. The minimum absolute atomic E-state index is 0.210. The fraction of sp³-hybridized carbons (Fsp3) is 0.500. The molecule has 0 unspecified atom stereocenters. The molecule has 0 aliphatic heterocycles. The van der Waals surface area contributed by atoms with Gasteiger partial charge in [0.25, 0.3) is 0 Å². The molecule has 0 aliphatic rings. The van der Waals surface area contributed by atoms with Crippen molar-refractivity contribution in [3.8, 4) is 0 Å². The molecule has 0 fully saturated rings. The standard InChI is InChI=1S/C8H13NO3/c1-4-5-7(10)9-6(2)8(11)12-3/h4,6H,1,5H2,2-3H3,(H,9,10)/t6-/m0/s1. The van der Waals surface area contributed by atoms with Gasteiger partial charge in [0, 0.05) is 6.42 Å². The molecule has 0 radical (unpaired) electrons. The van der Waals surface area contributed by atoms with Crippen LogP contribution >= 0.6 is 0 Å². The highest BCUT2D eigenvalue weighted by Gasteiger charge is 2.14. The second kappa shape index (κ2) is 5.35. The molecule has 0 saturated heterocycles. The number of rotatable bonds is 4. The van der Waals surface area contributed by atoms with Gasteiger partial charge in [0.05, 0.1) is 7.11 Å². The van der Waals surface area contributed by atoms with Gasteiger partial charge in [-0.1, -0.05) is 6.08 Å². The normalized spacial score (nSPS) is 11.5. The molecule has 4 nitrogen and oxygen atoms in total. The Labute approximate surface area is 71.6 Å². The highest BCUT2D eigenvalue weighted by molar-refractivity contribution is 5.84. The lowest BCUT2D eigenvalue weighted by atomic mass is 10.3.